The second kappa shape index (κ2) is 5.92. The van der Waals surface area contributed by atoms with Gasteiger partial charge in [0.05, 0.1) is 25.2 Å². The molecule has 1 fully saturated rings. The monoisotopic (exact) mass is 314 g/mol. The minimum Gasteiger partial charge on any atom is -0.497 e. The first-order valence-corrected chi connectivity index (χ1v) is 7.62. The van der Waals surface area contributed by atoms with Gasteiger partial charge in [-0.2, -0.15) is 5.26 Å². The van der Waals surface area contributed by atoms with E-state index in [1.807, 2.05) is 6.07 Å². The lowest BCUT2D eigenvalue weighted by atomic mass is 9.82. The number of likely N-dealkylation sites (tertiary alicyclic amines) is 1. The van der Waals surface area contributed by atoms with Gasteiger partial charge in [0, 0.05) is 25.9 Å². The fourth-order valence-electron chi connectivity index (χ4n) is 3.22. The number of carbonyl (C=O) groups is 2. The van der Waals surface area contributed by atoms with Crippen molar-refractivity contribution in [2.24, 2.45) is 0 Å². The number of benzene rings is 1. The molecule has 0 saturated carbocycles. The molecule has 3 rings (SSSR count). The SMILES string of the molecule is COc1ccc2c(c1)C(=O)CC1(CCN(C(=O)CC#N)CC1)O2. The molecule has 1 saturated heterocycles. The largest absolute Gasteiger partial charge is 0.497 e. The van der Waals surface area contributed by atoms with E-state index in [1.54, 1.807) is 30.2 Å². The standard InChI is InChI=1S/C17H18N2O4/c1-22-12-2-3-15-13(10-12)14(20)11-17(23-15)5-8-19(9-6-17)16(21)4-7-18/h2-3,10H,4-6,8-9,11H2,1H3. The maximum Gasteiger partial charge on any atom is 0.236 e. The van der Waals surface area contributed by atoms with Crippen molar-refractivity contribution in [1.82, 2.24) is 4.90 Å². The lowest BCUT2D eigenvalue weighted by Crippen LogP contribution is -2.52. The van der Waals surface area contributed by atoms with Crippen LogP contribution in [0.4, 0.5) is 0 Å². The number of hydrogen-bond acceptors (Lipinski definition) is 5. The van der Waals surface area contributed by atoms with E-state index in [-0.39, 0.29) is 18.1 Å². The first-order valence-electron chi connectivity index (χ1n) is 7.62. The molecule has 1 aromatic carbocycles. The highest BCUT2D eigenvalue weighted by Gasteiger charge is 2.43. The molecule has 0 N–H and O–H groups in total. The van der Waals surface area contributed by atoms with Crippen molar-refractivity contribution >= 4 is 11.7 Å². The summed E-state index contributed by atoms with van der Waals surface area (Å²) in [5, 5.41) is 8.62. The molecule has 2 heterocycles. The second-order valence-electron chi connectivity index (χ2n) is 5.96. The highest BCUT2D eigenvalue weighted by Crippen LogP contribution is 2.40. The number of carbonyl (C=O) groups excluding carboxylic acids is 2. The highest BCUT2D eigenvalue weighted by molar-refractivity contribution is 6.00. The number of nitriles is 1. The van der Waals surface area contributed by atoms with Gasteiger partial charge in [-0.25, -0.2) is 0 Å². The third-order valence-corrected chi connectivity index (χ3v) is 4.55. The average molecular weight is 314 g/mol. The Bertz CT molecular complexity index is 684. The Balaban J connectivity index is 1.75. The summed E-state index contributed by atoms with van der Waals surface area (Å²) in [4.78, 5) is 25.9. The minimum absolute atomic E-state index is 0.0435. The fraction of sp³-hybridized carbons (Fsp3) is 0.471. The van der Waals surface area contributed by atoms with E-state index in [0.717, 1.165) is 0 Å². The summed E-state index contributed by atoms with van der Waals surface area (Å²) in [7, 11) is 1.56. The zero-order valence-electron chi connectivity index (χ0n) is 13.0. The van der Waals surface area contributed by atoms with Gasteiger partial charge in [0.1, 0.15) is 23.5 Å². The number of methoxy groups -OCH3 is 1. The molecule has 6 nitrogen and oxygen atoms in total. The molecule has 0 radical (unpaired) electrons. The maximum atomic E-state index is 12.5. The zero-order chi connectivity index (χ0) is 16.4. The number of rotatable bonds is 2. The van der Waals surface area contributed by atoms with Crippen LogP contribution in [0.3, 0.4) is 0 Å². The highest BCUT2D eigenvalue weighted by atomic mass is 16.5. The molecule has 2 aliphatic heterocycles. The molecule has 0 atom stereocenters. The van der Waals surface area contributed by atoms with Gasteiger partial charge in [0.25, 0.3) is 0 Å². The van der Waals surface area contributed by atoms with Gasteiger partial charge in [-0.05, 0) is 18.2 Å². The van der Waals surface area contributed by atoms with Crippen molar-refractivity contribution in [3.8, 4) is 17.6 Å². The predicted molar refractivity (Wildman–Crippen MR) is 81.3 cm³/mol. The van der Waals surface area contributed by atoms with Crippen LogP contribution in [0, 0.1) is 11.3 Å². The first-order chi connectivity index (χ1) is 11.1. The van der Waals surface area contributed by atoms with E-state index in [9.17, 15) is 9.59 Å². The van der Waals surface area contributed by atoms with Gasteiger partial charge in [-0.3, -0.25) is 9.59 Å². The Hall–Kier alpha value is -2.55. The fourth-order valence-corrected chi connectivity index (χ4v) is 3.22. The molecule has 0 aromatic heterocycles. The van der Waals surface area contributed by atoms with E-state index in [1.165, 1.54) is 0 Å². The summed E-state index contributed by atoms with van der Waals surface area (Å²) < 4.78 is 11.3. The molecule has 2 aliphatic rings. The van der Waals surface area contributed by atoms with Crippen molar-refractivity contribution in [3.05, 3.63) is 23.8 Å². The summed E-state index contributed by atoms with van der Waals surface area (Å²) in [6.45, 7) is 1.03. The summed E-state index contributed by atoms with van der Waals surface area (Å²) in [5.74, 6) is 1.10. The molecular weight excluding hydrogens is 296 g/mol. The van der Waals surface area contributed by atoms with E-state index in [0.29, 0.717) is 49.4 Å². The number of amides is 1. The molecule has 1 spiro atoms. The molecule has 0 bridgehead atoms. The number of ketones is 1. The van der Waals surface area contributed by atoms with Crippen molar-refractivity contribution < 1.29 is 19.1 Å². The molecule has 0 unspecified atom stereocenters. The van der Waals surface area contributed by atoms with E-state index in [2.05, 4.69) is 0 Å². The maximum absolute atomic E-state index is 12.5. The van der Waals surface area contributed by atoms with Crippen LogP contribution >= 0.6 is 0 Å². The van der Waals surface area contributed by atoms with E-state index in [4.69, 9.17) is 14.7 Å². The van der Waals surface area contributed by atoms with Gasteiger partial charge in [-0.1, -0.05) is 0 Å². The topological polar surface area (TPSA) is 79.6 Å². The predicted octanol–water partition coefficient (Wildman–Crippen LogP) is 1.94. The summed E-state index contributed by atoms with van der Waals surface area (Å²) >= 11 is 0. The summed E-state index contributed by atoms with van der Waals surface area (Å²) in [6.07, 6.45) is 1.41. The Morgan fingerprint density at radius 2 is 2.17 bits per heavy atom. The van der Waals surface area contributed by atoms with Gasteiger partial charge in [0.2, 0.25) is 5.91 Å². The van der Waals surface area contributed by atoms with Crippen LogP contribution in [0.25, 0.3) is 0 Å². The normalized spacial score (nSPS) is 18.8. The summed E-state index contributed by atoms with van der Waals surface area (Å²) in [6, 6.07) is 7.12. The van der Waals surface area contributed by atoms with Crippen molar-refractivity contribution in [2.75, 3.05) is 20.2 Å². The second-order valence-corrected chi connectivity index (χ2v) is 5.96. The smallest absolute Gasteiger partial charge is 0.236 e. The van der Waals surface area contributed by atoms with Gasteiger partial charge in [0.15, 0.2) is 5.78 Å². The van der Waals surface area contributed by atoms with Crippen molar-refractivity contribution in [3.63, 3.8) is 0 Å². The molecule has 6 heteroatoms. The van der Waals surface area contributed by atoms with Crippen LogP contribution in [0.1, 0.15) is 36.0 Å². The van der Waals surface area contributed by atoms with Crippen molar-refractivity contribution in [1.29, 1.82) is 5.26 Å². The van der Waals surface area contributed by atoms with E-state index >= 15 is 0 Å². The molecule has 1 amide bonds. The number of nitrogens with zero attached hydrogens (tertiary/aromatic N) is 2. The van der Waals surface area contributed by atoms with Crippen LogP contribution in [-0.4, -0.2) is 42.4 Å². The zero-order valence-corrected chi connectivity index (χ0v) is 13.0. The average Bonchev–Trinajstić information content (AvgIpc) is 2.55. The number of Topliss-reactive ketones (excluding diaryl/α,β-unsaturated/α-hetero) is 1. The Morgan fingerprint density at radius 3 is 2.83 bits per heavy atom. The molecular formula is C17H18N2O4. The molecule has 1 aromatic rings. The molecule has 120 valence electrons. The number of ether oxygens (including phenoxy) is 2. The van der Waals surface area contributed by atoms with Crippen molar-refractivity contribution in [2.45, 2.75) is 31.3 Å². The number of fused-ring (bicyclic) bond motifs is 1. The first kappa shape index (κ1) is 15.3. The van der Waals surface area contributed by atoms with Crippen LogP contribution in [-0.2, 0) is 4.79 Å². The number of piperidine rings is 1. The van der Waals surface area contributed by atoms with Gasteiger partial charge >= 0.3 is 0 Å². The van der Waals surface area contributed by atoms with Crippen LogP contribution in [0.5, 0.6) is 11.5 Å². The third kappa shape index (κ3) is 2.87. The summed E-state index contributed by atoms with van der Waals surface area (Å²) in [5.41, 5.74) is 0.0141. The molecule has 0 aliphatic carbocycles. The molecule has 23 heavy (non-hydrogen) atoms. The minimum atomic E-state index is -0.540. The van der Waals surface area contributed by atoms with Gasteiger partial charge < -0.3 is 14.4 Å². The Morgan fingerprint density at radius 1 is 1.43 bits per heavy atom. The van der Waals surface area contributed by atoms with Crippen LogP contribution in [0.2, 0.25) is 0 Å². The van der Waals surface area contributed by atoms with Gasteiger partial charge in [-0.15, -0.1) is 0 Å². The van der Waals surface area contributed by atoms with Crippen LogP contribution < -0.4 is 9.47 Å². The lowest BCUT2D eigenvalue weighted by molar-refractivity contribution is -0.133. The van der Waals surface area contributed by atoms with Crippen LogP contribution in [0.15, 0.2) is 18.2 Å². The third-order valence-electron chi connectivity index (χ3n) is 4.55. The Kier molecular flexibility index (Phi) is 3.95. The quantitative estimate of drug-likeness (QED) is 0.833. The Labute approximate surface area is 134 Å². The number of hydrogen-bond donors (Lipinski definition) is 0. The lowest BCUT2D eigenvalue weighted by Gasteiger charge is -2.43. The van der Waals surface area contributed by atoms with E-state index < -0.39 is 5.60 Å².